The monoisotopic (exact) mass is 383 g/mol. The van der Waals surface area contributed by atoms with E-state index in [2.05, 4.69) is 34.5 Å². The number of rotatable bonds is 6. The van der Waals surface area contributed by atoms with E-state index >= 15 is 0 Å². The molecular formula is C22H29N3O3. The van der Waals surface area contributed by atoms with Crippen LogP contribution in [0.3, 0.4) is 0 Å². The molecule has 0 saturated heterocycles. The molecule has 0 fully saturated rings. The third-order valence-electron chi connectivity index (χ3n) is 5.15. The van der Waals surface area contributed by atoms with Gasteiger partial charge < -0.3 is 24.6 Å². The number of ether oxygens (including phenoxy) is 2. The normalized spacial score (nSPS) is 12.9. The quantitative estimate of drug-likeness (QED) is 0.833. The predicted octanol–water partition coefficient (Wildman–Crippen LogP) is 3.08. The summed E-state index contributed by atoms with van der Waals surface area (Å²) in [4.78, 5) is 16.5. The lowest BCUT2D eigenvalue weighted by Gasteiger charge is -2.29. The minimum atomic E-state index is -0.0228. The highest BCUT2D eigenvalue weighted by atomic mass is 16.5. The number of anilines is 1. The molecule has 1 heterocycles. The standard InChI is InChI=1S/C22H29N3O3/c1-24(2)19-7-5-16(6-8-19)9-11-23-22(26)25-12-10-17-13-20(27-3)21(28-4)14-18(17)15-25/h5-8,13-14H,9-12,15H2,1-4H3,(H,23,26). The van der Waals surface area contributed by atoms with E-state index in [9.17, 15) is 4.79 Å². The number of methoxy groups -OCH3 is 2. The molecule has 28 heavy (non-hydrogen) atoms. The van der Waals surface area contributed by atoms with Gasteiger partial charge in [-0.2, -0.15) is 0 Å². The fraction of sp³-hybridized carbons (Fsp3) is 0.409. The molecule has 0 saturated carbocycles. The summed E-state index contributed by atoms with van der Waals surface area (Å²) in [6, 6.07) is 12.4. The molecular weight excluding hydrogens is 354 g/mol. The van der Waals surface area contributed by atoms with Crippen LogP contribution >= 0.6 is 0 Å². The molecule has 2 amide bonds. The van der Waals surface area contributed by atoms with Gasteiger partial charge in [-0.15, -0.1) is 0 Å². The van der Waals surface area contributed by atoms with Crippen LogP contribution in [-0.2, 0) is 19.4 Å². The molecule has 150 valence electrons. The van der Waals surface area contributed by atoms with Crippen molar-refractivity contribution in [3.63, 3.8) is 0 Å². The second-order valence-electron chi connectivity index (χ2n) is 7.19. The summed E-state index contributed by atoms with van der Waals surface area (Å²) in [5.41, 5.74) is 4.71. The van der Waals surface area contributed by atoms with Crippen LogP contribution in [0.2, 0.25) is 0 Å². The summed E-state index contributed by atoms with van der Waals surface area (Å²) in [6.45, 7) is 1.90. The first-order valence-electron chi connectivity index (χ1n) is 9.54. The van der Waals surface area contributed by atoms with Crippen LogP contribution in [0.1, 0.15) is 16.7 Å². The van der Waals surface area contributed by atoms with Gasteiger partial charge in [0.2, 0.25) is 0 Å². The van der Waals surface area contributed by atoms with Crippen molar-refractivity contribution >= 4 is 11.7 Å². The molecule has 3 rings (SSSR count). The molecule has 0 atom stereocenters. The SMILES string of the molecule is COc1cc2c(cc1OC)CN(C(=O)NCCc1ccc(N(C)C)cc1)CC2. The van der Waals surface area contributed by atoms with Gasteiger partial charge >= 0.3 is 6.03 Å². The highest BCUT2D eigenvalue weighted by Crippen LogP contribution is 2.33. The number of nitrogens with zero attached hydrogens (tertiary/aromatic N) is 2. The van der Waals surface area contributed by atoms with Gasteiger partial charge in [-0.25, -0.2) is 4.79 Å². The van der Waals surface area contributed by atoms with E-state index in [4.69, 9.17) is 9.47 Å². The Hall–Kier alpha value is -2.89. The molecule has 0 unspecified atom stereocenters. The van der Waals surface area contributed by atoms with Crippen molar-refractivity contribution in [2.45, 2.75) is 19.4 Å². The van der Waals surface area contributed by atoms with E-state index in [1.165, 1.54) is 16.8 Å². The molecule has 6 heteroatoms. The Kier molecular flexibility index (Phi) is 6.29. The number of urea groups is 1. The van der Waals surface area contributed by atoms with Crippen molar-refractivity contribution in [1.29, 1.82) is 0 Å². The summed E-state index contributed by atoms with van der Waals surface area (Å²) >= 11 is 0. The molecule has 1 aliphatic heterocycles. The second-order valence-corrected chi connectivity index (χ2v) is 7.19. The first-order valence-corrected chi connectivity index (χ1v) is 9.54. The summed E-state index contributed by atoms with van der Waals surface area (Å²) in [7, 11) is 7.32. The molecule has 1 aliphatic rings. The van der Waals surface area contributed by atoms with E-state index in [1.54, 1.807) is 14.2 Å². The third-order valence-corrected chi connectivity index (χ3v) is 5.15. The van der Waals surface area contributed by atoms with Crippen LogP contribution in [0.5, 0.6) is 11.5 Å². The van der Waals surface area contributed by atoms with Crippen molar-refractivity contribution in [2.24, 2.45) is 0 Å². The summed E-state index contributed by atoms with van der Waals surface area (Å²) < 4.78 is 10.8. The number of fused-ring (bicyclic) bond motifs is 1. The van der Waals surface area contributed by atoms with Gasteiger partial charge in [0, 0.05) is 39.4 Å². The maximum Gasteiger partial charge on any atom is 0.317 e. The zero-order valence-electron chi connectivity index (χ0n) is 17.1. The maximum absolute atomic E-state index is 12.6. The molecule has 2 aromatic rings. The zero-order valence-corrected chi connectivity index (χ0v) is 17.1. The Balaban J connectivity index is 1.54. The van der Waals surface area contributed by atoms with Crippen molar-refractivity contribution in [2.75, 3.05) is 46.3 Å². The van der Waals surface area contributed by atoms with Crippen LogP contribution in [0.15, 0.2) is 36.4 Å². The smallest absolute Gasteiger partial charge is 0.317 e. The van der Waals surface area contributed by atoms with E-state index in [1.807, 2.05) is 31.1 Å². The summed E-state index contributed by atoms with van der Waals surface area (Å²) in [5, 5.41) is 3.04. The number of carbonyl (C=O) groups excluding carboxylic acids is 1. The van der Waals surface area contributed by atoms with Crippen molar-refractivity contribution < 1.29 is 14.3 Å². The molecule has 6 nitrogen and oxygen atoms in total. The molecule has 0 aliphatic carbocycles. The first kappa shape index (κ1) is 19.9. The van der Waals surface area contributed by atoms with Gasteiger partial charge in [0.25, 0.3) is 0 Å². The fourth-order valence-corrected chi connectivity index (χ4v) is 3.44. The highest BCUT2D eigenvalue weighted by molar-refractivity contribution is 5.74. The first-order chi connectivity index (χ1) is 13.5. The Morgan fingerprint density at radius 3 is 2.32 bits per heavy atom. The average molecular weight is 383 g/mol. The van der Waals surface area contributed by atoms with Crippen LogP contribution < -0.4 is 19.7 Å². The van der Waals surface area contributed by atoms with Gasteiger partial charge in [-0.05, 0) is 53.8 Å². The summed E-state index contributed by atoms with van der Waals surface area (Å²) in [5.74, 6) is 1.43. The number of carbonyl (C=O) groups is 1. The van der Waals surface area contributed by atoms with E-state index in [0.717, 1.165) is 24.2 Å². The Morgan fingerprint density at radius 1 is 1.07 bits per heavy atom. The van der Waals surface area contributed by atoms with Crippen LogP contribution in [0.4, 0.5) is 10.5 Å². The Labute approximate surface area is 167 Å². The largest absolute Gasteiger partial charge is 0.493 e. The second kappa shape index (κ2) is 8.87. The Morgan fingerprint density at radius 2 is 1.71 bits per heavy atom. The number of hydrogen-bond acceptors (Lipinski definition) is 4. The number of benzene rings is 2. The topological polar surface area (TPSA) is 54.0 Å². The molecule has 0 radical (unpaired) electrons. The van der Waals surface area contributed by atoms with Crippen LogP contribution in [-0.4, -0.2) is 52.3 Å². The Bertz CT molecular complexity index is 819. The maximum atomic E-state index is 12.6. The predicted molar refractivity (Wildman–Crippen MR) is 112 cm³/mol. The molecule has 2 aromatic carbocycles. The van der Waals surface area contributed by atoms with Crippen molar-refractivity contribution in [3.05, 3.63) is 53.1 Å². The van der Waals surface area contributed by atoms with Crippen LogP contribution in [0, 0.1) is 0 Å². The highest BCUT2D eigenvalue weighted by Gasteiger charge is 2.22. The average Bonchev–Trinajstić information content (AvgIpc) is 2.72. The van der Waals surface area contributed by atoms with Gasteiger partial charge in [0.1, 0.15) is 0 Å². The van der Waals surface area contributed by atoms with Crippen molar-refractivity contribution in [1.82, 2.24) is 10.2 Å². The van der Waals surface area contributed by atoms with Gasteiger partial charge in [-0.3, -0.25) is 0 Å². The van der Waals surface area contributed by atoms with Gasteiger partial charge in [0.15, 0.2) is 11.5 Å². The lowest BCUT2D eigenvalue weighted by atomic mass is 9.99. The minimum absolute atomic E-state index is 0.0228. The lowest BCUT2D eigenvalue weighted by Crippen LogP contribution is -2.43. The molecule has 0 aromatic heterocycles. The molecule has 0 bridgehead atoms. The number of nitrogens with one attached hydrogen (secondary N) is 1. The van der Waals surface area contributed by atoms with E-state index in [0.29, 0.717) is 25.4 Å². The lowest BCUT2D eigenvalue weighted by molar-refractivity contribution is 0.192. The third kappa shape index (κ3) is 4.50. The number of amides is 2. The zero-order chi connectivity index (χ0) is 20.1. The van der Waals surface area contributed by atoms with E-state index in [-0.39, 0.29) is 6.03 Å². The van der Waals surface area contributed by atoms with E-state index < -0.39 is 0 Å². The van der Waals surface area contributed by atoms with Crippen LogP contribution in [0.25, 0.3) is 0 Å². The minimum Gasteiger partial charge on any atom is -0.493 e. The number of hydrogen-bond donors (Lipinski definition) is 1. The van der Waals surface area contributed by atoms with Gasteiger partial charge in [0.05, 0.1) is 14.2 Å². The molecule has 1 N–H and O–H groups in total. The van der Waals surface area contributed by atoms with Gasteiger partial charge in [-0.1, -0.05) is 12.1 Å². The molecule has 0 spiro atoms. The fourth-order valence-electron chi connectivity index (χ4n) is 3.44. The van der Waals surface area contributed by atoms with Crippen molar-refractivity contribution in [3.8, 4) is 11.5 Å². The summed E-state index contributed by atoms with van der Waals surface area (Å²) in [6.07, 6.45) is 1.63.